The van der Waals surface area contributed by atoms with Crippen LogP contribution >= 0.6 is 0 Å². The highest BCUT2D eigenvalue weighted by Gasteiger charge is 2.51. The molecule has 3 heteroatoms. The van der Waals surface area contributed by atoms with Crippen LogP contribution in [-0.4, -0.2) is 15.0 Å². The van der Waals surface area contributed by atoms with Gasteiger partial charge >= 0.3 is 0 Å². The summed E-state index contributed by atoms with van der Waals surface area (Å²) in [7, 11) is 0. The first-order valence-corrected chi connectivity index (χ1v) is 20.9. The second-order valence-electron chi connectivity index (χ2n) is 15.9. The SMILES string of the molecule is c1ccc(-c2ccc(-c3nc(-c4ccccc4)nc(-c4ccc(-c5ccc6c(c5)C5(c7ccccc7-c7ccccc75)c5ccccc5-6)c(-c5ccccc5)c4)n3)cc2)cc1. The van der Waals surface area contributed by atoms with Gasteiger partial charge < -0.3 is 0 Å². The van der Waals surface area contributed by atoms with Crippen LogP contribution in [0.4, 0.5) is 0 Å². The highest BCUT2D eigenvalue weighted by Crippen LogP contribution is 2.63. The number of benzene rings is 9. The zero-order valence-corrected chi connectivity index (χ0v) is 33.2. The smallest absolute Gasteiger partial charge is 0.164 e. The van der Waals surface area contributed by atoms with Crippen LogP contribution in [0, 0.1) is 0 Å². The number of fused-ring (bicyclic) bond motifs is 10. The van der Waals surface area contributed by atoms with Crippen LogP contribution in [0.3, 0.4) is 0 Å². The van der Waals surface area contributed by atoms with Gasteiger partial charge in [-0.2, -0.15) is 0 Å². The van der Waals surface area contributed by atoms with Gasteiger partial charge in [0.25, 0.3) is 0 Å². The van der Waals surface area contributed by atoms with E-state index >= 15 is 0 Å². The highest BCUT2D eigenvalue weighted by atomic mass is 15.0. The van der Waals surface area contributed by atoms with Crippen LogP contribution in [0.15, 0.2) is 224 Å². The third-order valence-electron chi connectivity index (χ3n) is 12.6. The van der Waals surface area contributed by atoms with Crippen LogP contribution in [0.5, 0.6) is 0 Å². The number of rotatable bonds is 6. The Balaban J connectivity index is 1.03. The van der Waals surface area contributed by atoms with Gasteiger partial charge in [0.1, 0.15) is 0 Å². The molecule has 0 radical (unpaired) electrons. The third-order valence-corrected chi connectivity index (χ3v) is 12.6. The van der Waals surface area contributed by atoms with Gasteiger partial charge in [0, 0.05) is 16.7 Å². The van der Waals surface area contributed by atoms with E-state index in [1.165, 1.54) is 50.1 Å². The molecule has 0 aliphatic heterocycles. The lowest BCUT2D eigenvalue weighted by Crippen LogP contribution is -2.25. The largest absolute Gasteiger partial charge is 0.208 e. The fourth-order valence-electron chi connectivity index (χ4n) is 9.85. The minimum absolute atomic E-state index is 0.420. The lowest BCUT2D eigenvalue weighted by Gasteiger charge is -2.30. The minimum Gasteiger partial charge on any atom is -0.208 e. The van der Waals surface area contributed by atoms with Crippen molar-refractivity contribution in [2.45, 2.75) is 5.41 Å². The maximum Gasteiger partial charge on any atom is 0.164 e. The monoisotopic (exact) mass is 775 g/mol. The zero-order chi connectivity index (χ0) is 40.3. The number of nitrogens with zero attached hydrogens (tertiary/aromatic N) is 3. The lowest BCUT2D eigenvalue weighted by molar-refractivity contribution is 0.794. The molecule has 1 aromatic heterocycles. The lowest BCUT2D eigenvalue weighted by atomic mass is 9.70. The minimum atomic E-state index is -0.420. The molecule has 0 N–H and O–H groups in total. The molecule has 0 amide bonds. The topological polar surface area (TPSA) is 38.7 Å². The van der Waals surface area contributed by atoms with E-state index in [1.807, 2.05) is 24.3 Å². The zero-order valence-electron chi connectivity index (χ0n) is 33.2. The van der Waals surface area contributed by atoms with Gasteiger partial charge in [-0.25, -0.2) is 15.0 Å². The van der Waals surface area contributed by atoms with Gasteiger partial charge in [-0.15, -0.1) is 0 Å². The summed E-state index contributed by atoms with van der Waals surface area (Å²) in [6.07, 6.45) is 0. The molecular weight excluding hydrogens is 739 g/mol. The summed E-state index contributed by atoms with van der Waals surface area (Å²) in [6.45, 7) is 0. The standard InChI is InChI=1S/C58H37N3/c1-4-16-38(17-5-1)39-28-30-42(31-29-39)56-59-55(41-20-8-3-9-21-41)60-57(61-56)44-33-34-45(50(36-44)40-18-6-2-7-19-40)43-32-35-49-48-24-12-15-27-53(48)58(54(49)37-43)51-25-13-10-22-46(51)47-23-11-14-26-52(47)58/h1-37H. The predicted molar refractivity (Wildman–Crippen MR) is 249 cm³/mol. The molecule has 0 unspecified atom stereocenters. The molecular formula is C58H37N3. The second-order valence-corrected chi connectivity index (χ2v) is 15.9. The van der Waals surface area contributed by atoms with Crippen molar-refractivity contribution < 1.29 is 0 Å². The normalized spacial score (nSPS) is 12.7. The molecule has 10 aromatic rings. The van der Waals surface area contributed by atoms with Gasteiger partial charge in [0.05, 0.1) is 5.41 Å². The Hall–Kier alpha value is -8.01. The van der Waals surface area contributed by atoms with Crippen molar-refractivity contribution in [3.05, 3.63) is 247 Å². The summed E-state index contributed by atoms with van der Waals surface area (Å²) in [4.78, 5) is 15.4. The Bertz CT molecular complexity index is 3220. The number of hydrogen-bond acceptors (Lipinski definition) is 3. The summed E-state index contributed by atoms with van der Waals surface area (Å²) in [5.74, 6) is 1.90. The molecule has 0 saturated carbocycles. The summed E-state index contributed by atoms with van der Waals surface area (Å²) in [5, 5.41) is 0. The average Bonchev–Trinajstić information content (AvgIpc) is 3.82. The molecule has 2 aliphatic rings. The summed E-state index contributed by atoms with van der Waals surface area (Å²) >= 11 is 0. The Morgan fingerprint density at radius 3 is 1.13 bits per heavy atom. The van der Waals surface area contributed by atoms with Gasteiger partial charge in [0.2, 0.25) is 0 Å². The molecule has 0 atom stereocenters. The van der Waals surface area contributed by atoms with Gasteiger partial charge in [-0.1, -0.05) is 212 Å². The first-order chi connectivity index (χ1) is 30.2. The molecule has 9 aromatic carbocycles. The van der Waals surface area contributed by atoms with Crippen molar-refractivity contribution in [2.24, 2.45) is 0 Å². The molecule has 0 saturated heterocycles. The van der Waals surface area contributed by atoms with E-state index in [0.717, 1.165) is 44.5 Å². The maximum absolute atomic E-state index is 5.18. The van der Waals surface area contributed by atoms with Crippen LogP contribution in [0.1, 0.15) is 22.3 Å². The second kappa shape index (κ2) is 14.1. The molecule has 12 rings (SSSR count). The average molecular weight is 776 g/mol. The van der Waals surface area contributed by atoms with Crippen molar-refractivity contribution >= 4 is 0 Å². The molecule has 3 nitrogen and oxygen atoms in total. The van der Waals surface area contributed by atoms with Crippen molar-refractivity contribution in [1.82, 2.24) is 15.0 Å². The van der Waals surface area contributed by atoms with Crippen LogP contribution in [0.25, 0.3) is 89.8 Å². The molecule has 61 heavy (non-hydrogen) atoms. The van der Waals surface area contributed by atoms with Crippen LogP contribution in [0.2, 0.25) is 0 Å². The fraction of sp³-hybridized carbons (Fsp3) is 0.0172. The van der Waals surface area contributed by atoms with E-state index in [2.05, 4.69) is 200 Å². The van der Waals surface area contributed by atoms with E-state index in [4.69, 9.17) is 15.0 Å². The number of aromatic nitrogens is 3. The molecule has 1 heterocycles. The van der Waals surface area contributed by atoms with Gasteiger partial charge in [0.15, 0.2) is 17.5 Å². The van der Waals surface area contributed by atoms with Crippen molar-refractivity contribution in [1.29, 1.82) is 0 Å². The quantitative estimate of drug-likeness (QED) is 0.169. The van der Waals surface area contributed by atoms with E-state index in [1.54, 1.807) is 0 Å². The van der Waals surface area contributed by atoms with Crippen molar-refractivity contribution in [2.75, 3.05) is 0 Å². The molecule has 1 spiro atoms. The van der Waals surface area contributed by atoms with E-state index < -0.39 is 5.41 Å². The molecule has 0 fully saturated rings. The maximum atomic E-state index is 5.18. The van der Waals surface area contributed by atoms with Gasteiger partial charge in [-0.3, -0.25) is 0 Å². The van der Waals surface area contributed by atoms with Crippen LogP contribution < -0.4 is 0 Å². The summed E-state index contributed by atoms with van der Waals surface area (Å²) < 4.78 is 0. The first-order valence-electron chi connectivity index (χ1n) is 20.9. The Morgan fingerprint density at radius 2 is 0.574 bits per heavy atom. The summed E-state index contributed by atoms with van der Waals surface area (Å²) in [5.41, 5.74) is 19.8. The Labute approximate surface area is 355 Å². The van der Waals surface area contributed by atoms with E-state index in [-0.39, 0.29) is 0 Å². The fourth-order valence-corrected chi connectivity index (χ4v) is 9.85. The van der Waals surface area contributed by atoms with E-state index in [0.29, 0.717) is 17.5 Å². The summed E-state index contributed by atoms with van der Waals surface area (Å²) in [6, 6.07) is 80.5. The first kappa shape index (κ1) is 35.0. The molecule has 2 aliphatic carbocycles. The predicted octanol–water partition coefficient (Wildman–Crippen LogP) is 14.2. The Kier molecular flexibility index (Phi) is 8.07. The highest BCUT2D eigenvalue weighted by molar-refractivity contribution is 5.97. The van der Waals surface area contributed by atoms with Gasteiger partial charge in [-0.05, 0) is 90.0 Å². The van der Waals surface area contributed by atoms with E-state index in [9.17, 15) is 0 Å². The Morgan fingerprint density at radius 1 is 0.213 bits per heavy atom. The molecule has 0 bridgehead atoms. The molecule has 284 valence electrons. The third kappa shape index (κ3) is 5.55. The van der Waals surface area contributed by atoms with Crippen molar-refractivity contribution in [3.63, 3.8) is 0 Å². The number of hydrogen-bond donors (Lipinski definition) is 0. The van der Waals surface area contributed by atoms with Crippen LogP contribution in [-0.2, 0) is 5.41 Å². The van der Waals surface area contributed by atoms with Crippen molar-refractivity contribution in [3.8, 4) is 89.8 Å².